The van der Waals surface area contributed by atoms with Crippen LogP contribution < -0.4 is 5.32 Å². The van der Waals surface area contributed by atoms with Crippen LogP contribution in [0.3, 0.4) is 0 Å². The van der Waals surface area contributed by atoms with E-state index < -0.39 is 0 Å². The van der Waals surface area contributed by atoms with Gasteiger partial charge in [0.15, 0.2) is 0 Å². The van der Waals surface area contributed by atoms with Crippen molar-refractivity contribution >= 4 is 0 Å². The molecular formula is C12H23NO. The highest BCUT2D eigenvalue weighted by molar-refractivity contribution is 4.96. The molecule has 0 aromatic heterocycles. The van der Waals surface area contributed by atoms with E-state index in [1.165, 1.54) is 38.6 Å². The molecular weight excluding hydrogens is 174 g/mol. The monoisotopic (exact) mass is 197 g/mol. The van der Waals surface area contributed by atoms with E-state index in [4.69, 9.17) is 4.74 Å². The summed E-state index contributed by atoms with van der Waals surface area (Å²) in [4.78, 5) is 0. The molecule has 0 aromatic carbocycles. The number of methoxy groups -OCH3 is 1. The van der Waals surface area contributed by atoms with Crippen LogP contribution in [0.2, 0.25) is 0 Å². The Hall–Kier alpha value is -0.0800. The Morgan fingerprint density at radius 2 is 1.93 bits per heavy atom. The van der Waals surface area contributed by atoms with Crippen molar-refractivity contribution in [1.82, 2.24) is 5.32 Å². The van der Waals surface area contributed by atoms with Crippen LogP contribution >= 0.6 is 0 Å². The summed E-state index contributed by atoms with van der Waals surface area (Å²) in [5.41, 5.74) is 0. The zero-order valence-electron chi connectivity index (χ0n) is 9.46. The molecule has 2 rings (SSSR count). The van der Waals surface area contributed by atoms with Gasteiger partial charge < -0.3 is 10.1 Å². The maximum Gasteiger partial charge on any atom is 0.0699 e. The number of ether oxygens (including phenoxy) is 1. The zero-order valence-corrected chi connectivity index (χ0v) is 9.46. The average molecular weight is 197 g/mol. The van der Waals surface area contributed by atoms with Gasteiger partial charge >= 0.3 is 0 Å². The highest BCUT2D eigenvalue weighted by Crippen LogP contribution is 2.36. The van der Waals surface area contributed by atoms with Gasteiger partial charge in [0.05, 0.1) is 6.10 Å². The molecule has 2 aliphatic rings. The molecule has 82 valence electrons. The summed E-state index contributed by atoms with van der Waals surface area (Å²) in [6.07, 6.45) is 7.67. The fourth-order valence-electron chi connectivity index (χ4n) is 3.07. The second-order valence-electron chi connectivity index (χ2n) is 4.94. The van der Waals surface area contributed by atoms with Crippen LogP contribution in [0.5, 0.6) is 0 Å². The lowest BCUT2D eigenvalue weighted by Crippen LogP contribution is -2.61. The van der Waals surface area contributed by atoms with E-state index in [1.54, 1.807) is 0 Å². The Kier molecular flexibility index (Phi) is 3.45. The zero-order chi connectivity index (χ0) is 9.97. The van der Waals surface area contributed by atoms with Crippen LogP contribution in [-0.2, 0) is 4.74 Å². The van der Waals surface area contributed by atoms with Crippen molar-refractivity contribution in [3.8, 4) is 0 Å². The van der Waals surface area contributed by atoms with Crippen LogP contribution in [0.25, 0.3) is 0 Å². The molecule has 1 aliphatic carbocycles. The standard InChI is InChI=1S/C12H23NO/c1-9(14-2)12-11(8-13-12)10-6-4-3-5-7-10/h9-13H,3-8H2,1-2H3. The first kappa shape index (κ1) is 10.4. The number of nitrogens with one attached hydrogen (secondary N) is 1. The Morgan fingerprint density at radius 1 is 1.21 bits per heavy atom. The van der Waals surface area contributed by atoms with E-state index in [1.807, 2.05) is 7.11 Å². The van der Waals surface area contributed by atoms with Crippen LogP contribution in [0.1, 0.15) is 39.0 Å². The predicted molar refractivity (Wildman–Crippen MR) is 58.3 cm³/mol. The summed E-state index contributed by atoms with van der Waals surface area (Å²) < 4.78 is 5.41. The van der Waals surface area contributed by atoms with Gasteiger partial charge in [-0.2, -0.15) is 0 Å². The van der Waals surface area contributed by atoms with Crippen molar-refractivity contribution in [2.45, 2.75) is 51.2 Å². The fourth-order valence-corrected chi connectivity index (χ4v) is 3.07. The lowest BCUT2D eigenvalue weighted by molar-refractivity contribution is 0.000129. The summed E-state index contributed by atoms with van der Waals surface area (Å²) in [6.45, 7) is 3.41. The third-order valence-electron chi connectivity index (χ3n) is 4.18. The molecule has 2 heteroatoms. The first-order chi connectivity index (χ1) is 6.83. The minimum absolute atomic E-state index is 0.385. The molecule has 2 fully saturated rings. The molecule has 0 spiro atoms. The van der Waals surface area contributed by atoms with Crippen molar-refractivity contribution in [3.05, 3.63) is 0 Å². The van der Waals surface area contributed by atoms with Gasteiger partial charge in [-0.3, -0.25) is 0 Å². The van der Waals surface area contributed by atoms with Crippen molar-refractivity contribution < 1.29 is 4.74 Å². The van der Waals surface area contributed by atoms with Gasteiger partial charge in [0, 0.05) is 19.7 Å². The third-order valence-corrected chi connectivity index (χ3v) is 4.18. The van der Waals surface area contributed by atoms with Gasteiger partial charge in [-0.15, -0.1) is 0 Å². The Morgan fingerprint density at radius 3 is 2.43 bits per heavy atom. The van der Waals surface area contributed by atoms with Crippen LogP contribution in [0.4, 0.5) is 0 Å². The van der Waals surface area contributed by atoms with Crippen molar-refractivity contribution in [2.24, 2.45) is 11.8 Å². The van der Waals surface area contributed by atoms with Crippen molar-refractivity contribution in [2.75, 3.05) is 13.7 Å². The minimum Gasteiger partial charge on any atom is -0.380 e. The molecule has 3 atom stereocenters. The molecule has 2 nitrogen and oxygen atoms in total. The molecule has 0 bridgehead atoms. The van der Waals surface area contributed by atoms with Gasteiger partial charge in [-0.05, 0) is 18.8 Å². The number of hydrogen-bond donors (Lipinski definition) is 1. The Labute approximate surface area is 87.4 Å². The Balaban J connectivity index is 1.85. The van der Waals surface area contributed by atoms with Gasteiger partial charge in [0.1, 0.15) is 0 Å². The SMILES string of the molecule is COC(C)C1NCC1C1CCCCC1. The summed E-state index contributed by atoms with van der Waals surface area (Å²) in [5.74, 6) is 1.87. The molecule has 1 saturated carbocycles. The normalized spacial score (nSPS) is 36.4. The van der Waals surface area contributed by atoms with Crippen molar-refractivity contribution in [1.29, 1.82) is 0 Å². The van der Waals surface area contributed by atoms with Crippen LogP contribution in [0.15, 0.2) is 0 Å². The second kappa shape index (κ2) is 4.63. The van der Waals surface area contributed by atoms with E-state index >= 15 is 0 Å². The van der Waals surface area contributed by atoms with Gasteiger partial charge in [-0.1, -0.05) is 32.1 Å². The summed E-state index contributed by atoms with van der Waals surface area (Å²) in [7, 11) is 1.82. The quantitative estimate of drug-likeness (QED) is 0.749. The largest absolute Gasteiger partial charge is 0.380 e. The minimum atomic E-state index is 0.385. The van der Waals surface area contributed by atoms with E-state index in [0.717, 1.165) is 11.8 Å². The van der Waals surface area contributed by atoms with E-state index in [-0.39, 0.29) is 0 Å². The first-order valence-electron chi connectivity index (χ1n) is 6.09. The molecule has 0 amide bonds. The molecule has 0 aromatic rings. The molecule has 14 heavy (non-hydrogen) atoms. The summed E-state index contributed by atoms with van der Waals surface area (Å²) >= 11 is 0. The summed E-state index contributed by atoms with van der Waals surface area (Å²) in [5, 5.41) is 3.52. The van der Waals surface area contributed by atoms with E-state index in [9.17, 15) is 0 Å². The smallest absolute Gasteiger partial charge is 0.0699 e. The predicted octanol–water partition coefficient (Wildman–Crippen LogP) is 2.19. The second-order valence-corrected chi connectivity index (χ2v) is 4.94. The van der Waals surface area contributed by atoms with E-state index in [0.29, 0.717) is 12.1 Å². The lowest BCUT2D eigenvalue weighted by atomic mass is 9.71. The van der Waals surface area contributed by atoms with Crippen LogP contribution in [0, 0.1) is 11.8 Å². The highest BCUT2D eigenvalue weighted by Gasteiger charge is 2.39. The molecule has 0 radical (unpaired) electrons. The maximum absolute atomic E-state index is 5.41. The highest BCUT2D eigenvalue weighted by atomic mass is 16.5. The average Bonchev–Trinajstić information content (AvgIpc) is 2.17. The fraction of sp³-hybridized carbons (Fsp3) is 1.00. The number of rotatable bonds is 3. The lowest BCUT2D eigenvalue weighted by Gasteiger charge is -2.46. The first-order valence-corrected chi connectivity index (χ1v) is 6.09. The van der Waals surface area contributed by atoms with Gasteiger partial charge in [-0.25, -0.2) is 0 Å². The molecule has 3 unspecified atom stereocenters. The number of hydrogen-bond acceptors (Lipinski definition) is 2. The summed E-state index contributed by atoms with van der Waals surface area (Å²) in [6, 6.07) is 0.628. The maximum atomic E-state index is 5.41. The molecule has 1 aliphatic heterocycles. The molecule has 1 heterocycles. The van der Waals surface area contributed by atoms with Gasteiger partial charge in [0.2, 0.25) is 0 Å². The topological polar surface area (TPSA) is 21.3 Å². The van der Waals surface area contributed by atoms with E-state index in [2.05, 4.69) is 12.2 Å². The molecule has 1 saturated heterocycles. The molecule has 1 N–H and O–H groups in total. The van der Waals surface area contributed by atoms with Crippen LogP contribution in [-0.4, -0.2) is 25.8 Å². The Bertz CT molecular complexity index is 175. The van der Waals surface area contributed by atoms with Gasteiger partial charge in [0.25, 0.3) is 0 Å². The van der Waals surface area contributed by atoms with Crippen molar-refractivity contribution in [3.63, 3.8) is 0 Å². The third kappa shape index (κ3) is 1.96.